The molecule has 0 spiro atoms. The minimum absolute atomic E-state index is 0.0748. The van der Waals surface area contributed by atoms with Gasteiger partial charge in [-0.15, -0.1) is 0 Å². The van der Waals surface area contributed by atoms with E-state index in [1.165, 1.54) is 13.8 Å². The maximum Gasteiger partial charge on any atom is 0.416 e. The third kappa shape index (κ3) is 2.11. The number of rotatable bonds is 0. The molecule has 1 unspecified atom stereocenters. The summed E-state index contributed by atoms with van der Waals surface area (Å²) < 4.78 is 49.8. The molecule has 0 fully saturated rings. The second-order valence-corrected chi connectivity index (χ2v) is 3.26. The molecule has 4 heteroatoms. The van der Waals surface area contributed by atoms with Gasteiger partial charge in [0.1, 0.15) is 6.17 Å². The van der Waals surface area contributed by atoms with Crippen LogP contribution in [0.15, 0.2) is 22.8 Å². The fourth-order valence-corrected chi connectivity index (χ4v) is 1.33. The van der Waals surface area contributed by atoms with Crippen molar-refractivity contribution in [1.29, 1.82) is 0 Å². The maximum absolute atomic E-state index is 13.0. The van der Waals surface area contributed by atoms with Crippen LogP contribution < -0.4 is 0 Å². The summed E-state index contributed by atoms with van der Waals surface area (Å²) in [5.41, 5.74) is -0.604. The first-order valence-corrected chi connectivity index (χ1v) is 3.91. The van der Waals surface area contributed by atoms with E-state index in [1.54, 1.807) is 0 Å². The van der Waals surface area contributed by atoms with Crippen molar-refractivity contribution in [3.8, 4) is 0 Å². The van der Waals surface area contributed by atoms with Crippen LogP contribution in [-0.4, -0.2) is 12.3 Å². The Bertz CT molecular complexity index is 270. The Kier molecular flexibility index (Phi) is 2.50. The standard InChI is InChI=1S/C9H10F4/c1-5-3-7(9(11,12)13)6(2)8(10)4-5/h3,8H,4H2,1-2H3. The molecule has 0 aromatic rings. The molecular weight excluding hydrogens is 184 g/mol. The molecule has 0 heterocycles. The molecule has 1 aliphatic carbocycles. The quantitative estimate of drug-likeness (QED) is 0.517. The Labute approximate surface area is 73.9 Å². The van der Waals surface area contributed by atoms with Crippen LogP contribution in [0.2, 0.25) is 0 Å². The monoisotopic (exact) mass is 194 g/mol. The summed E-state index contributed by atoms with van der Waals surface area (Å²) in [7, 11) is 0. The second-order valence-electron chi connectivity index (χ2n) is 3.26. The van der Waals surface area contributed by atoms with Gasteiger partial charge in [-0.05, 0) is 19.4 Å². The predicted octanol–water partition coefficient (Wildman–Crippen LogP) is 3.55. The zero-order valence-electron chi connectivity index (χ0n) is 7.37. The maximum atomic E-state index is 13.0. The van der Waals surface area contributed by atoms with Crippen molar-refractivity contribution in [2.24, 2.45) is 0 Å². The molecule has 13 heavy (non-hydrogen) atoms. The van der Waals surface area contributed by atoms with Gasteiger partial charge in [-0.25, -0.2) is 4.39 Å². The van der Waals surface area contributed by atoms with E-state index in [0.29, 0.717) is 5.57 Å². The van der Waals surface area contributed by atoms with E-state index in [4.69, 9.17) is 0 Å². The molecule has 0 nitrogen and oxygen atoms in total. The molecule has 0 saturated carbocycles. The predicted molar refractivity (Wildman–Crippen MR) is 42.0 cm³/mol. The van der Waals surface area contributed by atoms with Crippen LogP contribution in [0.3, 0.4) is 0 Å². The smallest absolute Gasteiger partial charge is 0.242 e. The van der Waals surface area contributed by atoms with Gasteiger partial charge in [-0.3, -0.25) is 0 Å². The van der Waals surface area contributed by atoms with Crippen LogP contribution in [0, 0.1) is 0 Å². The summed E-state index contributed by atoms with van der Waals surface area (Å²) in [6.45, 7) is 2.70. The van der Waals surface area contributed by atoms with E-state index in [-0.39, 0.29) is 12.0 Å². The van der Waals surface area contributed by atoms with Crippen LogP contribution >= 0.6 is 0 Å². The molecule has 1 aliphatic rings. The molecule has 1 rings (SSSR count). The van der Waals surface area contributed by atoms with E-state index in [9.17, 15) is 17.6 Å². The Morgan fingerprint density at radius 3 is 2.31 bits per heavy atom. The third-order valence-corrected chi connectivity index (χ3v) is 2.09. The molecule has 0 N–H and O–H groups in total. The highest BCUT2D eigenvalue weighted by Gasteiger charge is 2.37. The van der Waals surface area contributed by atoms with Crippen molar-refractivity contribution in [2.45, 2.75) is 32.6 Å². The lowest BCUT2D eigenvalue weighted by Crippen LogP contribution is -2.20. The molecule has 0 radical (unpaired) electrons. The molecule has 0 aromatic heterocycles. The number of allylic oxidation sites excluding steroid dienone is 4. The van der Waals surface area contributed by atoms with Gasteiger partial charge in [0, 0.05) is 6.42 Å². The minimum Gasteiger partial charge on any atom is -0.242 e. The van der Waals surface area contributed by atoms with Crippen LogP contribution in [-0.2, 0) is 0 Å². The first kappa shape index (κ1) is 10.3. The van der Waals surface area contributed by atoms with E-state index in [1.807, 2.05) is 0 Å². The highest BCUT2D eigenvalue weighted by Crippen LogP contribution is 2.36. The molecule has 1 atom stereocenters. The summed E-state index contributed by atoms with van der Waals surface area (Å²) in [5, 5.41) is 0. The van der Waals surface area contributed by atoms with Crippen LogP contribution in [0.4, 0.5) is 17.6 Å². The normalized spacial score (nSPS) is 24.8. The van der Waals surface area contributed by atoms with Gasteiger partial charge in [0.15, 0.2) is 0 Å². The highest BCUT2D eigenvalue weighted by atomic mass is 19.4. The van der Waals surface area contributed by atoms with E-state index < -0.39 is 17.9 Å². The van der Waals surface area contributed by atoms with Gasteiger partial charge in [0.2, 0.25) is 0 Å². The van der Waals surface area contributed by atoms with Gasteiger partial charge in [-0.2, -0.15) is 13.2 Å². The Balaban J connectivity index is 3.12. The average Bonchev–Trinajstić information content (AvgIpc) is 1.94. The summed E-state index contributed by atoms with van der Waals surface area (Å²) in [6.07, 6.45) is -4.82. The zero-order chi connectivity index (χ0) is 10.2. The van der Waals surface area contributed by atoms with E-state index in [0.717, 1.165) is 6.08 Å². The molecule has 0 aliphatic heterocycles. The second kappa shape index (κ2) is 3.16. The average molecular weight is 194 g/mol. The lowest BCUT2D eigenvalue weighted by Gasteiger charge is -2.21. The number of halogens is 4. The first-order chi connectivity index (χ1) is 5.82. The van der Waals surface area contributed by atoms with Gasteiger partial charge in [0.25, 0.3) is 0 Å². The van der Waals surface area contributed by atoms with Crippen molar-refractivity contribution in [2.75, 3.05) is 0 Å². The van der Waals surface area contributed by atoms with Crippen molar-refractivity contribution in [3.05, 3.63) is 22.8 Å². The van der Waals surface area contributed by atoms with Crippen LogP contribution in [0.1, 0.15) is 20.3 Å². The number of hydrogen-bond donors (Lipinski definition) is 0. The molecule has 0 aromatic carbocycles. The van der Waals surface area contributed by atoms with Crippen LogP contribution in [0.5, 0.6) is 0 Å². The lowest BCUT2D eigenvalue weighted by atomic mass is 9.92. The molecule has 0 amide bonds. The fraction of sp³-hybridized carbons (Fsp3) is 0.556. The SMILES string of the molecule is CC1=CC(C(F)(F)F)=C(C)C(F)C1. The Morgan fingerprint density at radius 2 is 1.85 bits per heavy atom. The van der Waals surface area contributed by atoms with Crippen molar-refractivity contribution >= 4 is 0 Å². The molecular formula is C9H10F4. The molecule has 74 valence electrons. The fourth-order valence-electron chi connectivity index (χ4n) is 1.33. The van der Waals surface area contributed by atoms with Gasteiger partial charge >= 0.3 is 6.18 Å². The topological polar surface area (TPSA) is 0 Å². The lowest BCUT2D eigenvalue weighted by molar-refractivity contribution is -0.0899. The van der Waals surface area contributed by atoms with Crippen LogP contribution in [0.25, 0.3) is 0 Å². The summed E-state index contributed by atoms with van der Waals surface area (Å²) in [5.74, 6) is 0. The molecule has 0 saturated heterocycles. The van der Waals surface area contributed by atoms with E-state index >= 15 is 0 Å². The minimum atomic E-state index is -4.43. The van der Waals surface area contributed by atoms with Crippen molar-refractivity contribution in [1.82, 2.24) is 0 Å². The van der Waals surface area contributed by atoms with Gasteiger partial charge in [0.05, 0.1) is 5.57 Å². The summed E-state index contributed by atoms with van der Waals surface area (Å²) in [4.78, 5) is 0. The summed E-state index contributed by atoms with van der Waals surface area (Å²) >= 11 is 0. The first-order valence-electron chi connectivity index (χ1n) is 3.91. The molecule has 0 bridgehead atoms. The Hall–Kier alpha value is -0.800. The van der Waals surface area contributed by atoms with Crippen molar-refractivity contribution < 1.29 is 17.6 Å². The number of hydrogen-bond acceptors (Lipinski definition) is 0. The third-order valence-electron chi connectivity index (χ3n) is 2.09. The Morgan fingerprint density at radius 1 is 1.31 bits per heavy atom. The largest absolute Gasteiger partial charge is 0.416 e. The number of alkyl halides is 4. The van der Waals surface area contributed by atoms with Crippen molar-refractivity contribution in [3.63, 3.8) is 0 Å². The van der Waals surface area contributed by atoms with Gasteiger partial charge < -0.3 is 0 Å². The van der Waals surface area contributed by atoms with E-state index in [2.05, 4.69) is 0 Å². The van der Waals surface area contributed by atoms with Gasteiger partial charge in [-0.1, -0.05) is 11.6 Å². The summed E-state index contributed by atoms with van der Waals surface area (Å²) in [6, 6.07) is 0. The highest BCUT2D eigenvalue weighted by molar-refractivity contribution is 5.37. The zero-order valence-corrected chi connectivity index (χ0v) is 7.37.